The molecular weight excluding hydrogens is 218 g/mol. The van der Waals surface area contributed by atoms with Crippen molar-refractivity contribution in [2.45, 2.75) is 24.2 Å². The molecule has 0 saturated heterocycles. The van der Waals surface area contributed by atoms with E-state index in [-0.39, 0.29) is 11.0 Å². The van der Waals surface area contributed by atoms with Gasteiger partial charge in [-0.2, -0.15) is 0 Å². The Balaban J connectivity index is -0.000000125. The Hall–Kier alpha value is 0.649. The third-order valence-electron chi connectivity index (χ3n) is 0.625. The van der Waals surface area contributed by atoms with Gasteiger partial charge in [0.25, 0.3) is 0 Å². The van der Waals surface area contributed by atoms with Gasteiger partial charge >= 0.3 is 48.8 Å². The molecule has 0 unspecified atom stereocenters. The number of hydrogen-bond donors (Lipinski definition) is 0. The third kappa shape index (κ3) is 15.9. The molecular formula is C4H13FO2Sn. The quantitative estimate of drug-likeness (QED) is 0.490. The van der Waals surface area contributed by atoms with Crippen LogP contribution in [-0.4, -0.2) is 32.7 Å². The Morgan fingerprint density at radius 2 is 1.88 bits per heavy atom. The zero-order valence-corrected chi connectivity index (χ0v) is 7.85. The maximum absolute atomic E-state index is 11.4. The first-order valence-electron chi connectivity index (χ1n) is 2.25. The second-order valence-electron chi connectivity index (χ2n) is 1.24. The predicted molar refractivity (Wildman–Crippen MR) is 33.8 cm³/mol. The van der Waals surface area contributed by atoms with Crippen LogP contribution in [0.3, 0.4) is 0 Å². The second kappa shape index (κ2) is 15.6. The van der Waals surface area contributed by atoms with Crippen molar-refractivity contribution in [3.63, 3.8) is 0 Å². The molecule has 2 radical (unpaired) electrons. The first-order chi connectivity index (χ1) is 2.91. The van der Waals surface area contributed by atoms with Gasteiger partial charge in [0, 0.05) is 0 Å². The average Bonchev–Trinajstić information content (AvgIpc) is 1.61. The summed E-state index contributed by atoms with van der Waals surface area (Å²) in [5, 5.41) is 0. The van der Waals surface area contributed by atoms with Crippen molar-refractivity contribution in [1.29, 1.82) is 0 Å². The Kier molecular flexibility index (Phi) is 31.0. The van der Waals surface area contributed by atoms with Gasteiger partial charge in [-0.15, -0.1) is 0 Å². The van der Waals surface area contributed by atoms with E-state index in [1.54, 1.807) is 0 Å². The monoisotopic (exact) mass is 232 g/mol. The molecule has 0 aliphatic rings. The van der Waals surface area contributed by atoms with Gasteiger partial charge in [0.2, 0.25) is 0 Å². The predicted octanol–water partition coefficient (Wildman–Crippen LogP) is 0.144. The molecule has 0 spiro atoms. The van der Waals surface area contributed by atoms with Gasteiger partial charge in [-0.3, -0.25) is 0 Å². The molecule has 0 rings (SSSR count). The van der Waals surface area contributed by atoms with Crippen molar-refractivity contribution < 1.29 is 13.8 Å². The van der Waals surface area contributed by atoms with E-state index < -0.39 is 21.7 Å². The minimum atomic E-state index is -1.31. The van der Waals surface area contributed by atoms with Gasteiger partial charge in [0.1, 0.15) is 0 Å². The van der Waals surface area contributed by atoms with Gasteiger partial charge in [0.15, 0.2) is 0 Å². The topological polar surface area (TPSA) is 63.0 Å². The molecule has 0 aromatic heterocycles. The summed E-state index contributed by atoms with van der Waals surface area (Å²) in [5.41, 5.74) is 0. The van der Waals surface area contributed by atoms with E-state index in [0.29, 0.717) is 0 Å². The molecule has 0 atom stereocenters. The number of unbranched alkanes of at least 4 members (excludes halogenated alkanes) is 1. The Morgan fingerprint density at radius 1 is 1.38 bits per heavy atom. The summed E-state index contributed by atoms with van der Waals surface area (Å²) in [6, 6.07) is 0. The van der Waals surface area contributed by atoms with Crippen LogP contribution in [0.5, 0.6) is 0 Å². The molecule has 4 heteroatoms. The van der Waals surface area contributed by atoms with Crippen LogP contribution in [-0.2, 0) is 0 Å². The Morgan fingerprint density at radius 3 is 2.00 bits per heavy atom. The summed E-state index contributed by atoms with van der Waals surface area (Å²) in [4.78, 5) is 0. The van der Waals surface area contributed by atoms with Crippen molar-refractivity contribution in [3.8, 4) is 0 Å². The Bertz CT molecular complexity index is 26.0. The molecule has 0 fully saturated rings. The van der Waals surface area contributed by atoms with Crippen molar-refractivity contribution in [2.24, 2.45) is 0 Å². The van der Waals surface area contributed by atoms with Gasteiger partial charge in [0.05, 0.1) is 0 Å². The molecule has 8 heavy (non-hydrogen) atoms. The number of halogens is 1. The summed E-state index contributed by atoms with van der Waals surface area (Å²) in [6.45, 7) is 2.09. The maximum atomic E-state index is 11.4. The fraction of sp³-hybridized carbons (Fsp3) is 1.00. The van der Waals surface area contributed by atoms with Crippen molar-refractivity contribution in [1.82, 2.24) is 0 Å². The van der Waals surface area contributed by atoms with Crippen LogP contribution in [0.1, 0.15) is 19.8 Å². The number of hydrogen-bond acceptors (Lipinski definition) is 0. The molecule has 0 heterocycles. The molecule has 0 amide bonds. The smallest absolute Gasteiger partial charge is 0.412 e. The van der Waals surface area contributed by atoms with Crippen LogP contribution in [0, 0.1) is 0 Å². The standard InChI is InChI=1S/C4H9.FH.2H2O.Sn/c1-3-4-2;;;;/h1,3-4H2,2H3;1H;2*1H2;/q;;;;+1/p-1. The maximum Gasteiger partial charge on any atom is -0.412 e. The van der Waals surface area contributed by atoms with E-state index in [0.717, 1.165) is 17.3 Å². The largest absolute Gasteiger partial charge is 0.412 e. The molecule has 0 bridgehead atoms. The molecule has 52 valence electrons. The van der Waals surface area contributed by atoms with Gasteiger partial charge in [-0.05, 0) is 0 Å². The van der Waals surface area contributed by atoms with Crippen LogP contribution in [0.25, 0.3) is 0 Å². The van der Waals surface area contributed by atoms with Crippen molar-refractivity contribution >= 4 is 21.7 Å². The third-order valence-corrected chi connectivity index (χ3v) is 2.17. The minimum Gasteiger partial charge on any atom is -0.412 e. The van der Waals surface area contributed by atoms with Crippen LogP contribution in [0.2, 0.25) is 4.44 Å². The van der Waals surface area contributed by atoms with Crippen molar-refractivity contribution in [3.05, 3.63) is 0 Å². The van der Waals surface area contributed by atoms with E-state index in [1.807, 2.05) is 0 Å². The Labute approximate surface area is 60.1 Å². The molecule has 0 aliphatic carbocycles. The molecule has 0 aliphatic heterocycles. The summed E-state index contributed by atoms with van der Waals surface area (Å²) in [7, 11) is 0. The van der Waals surface area contributed by atoms with Gasteiger partial charge < -0.3 is 11.0 Å². The summed E-state index contributed by atoms with van der Waals surface area (Å²) < 4.78 is 12.3. The second-order valence-corrected chi connectivity index (χ2v) is 3.43. The van der Waals surface area contributed by atoms with Gasteiger partial charge in [-0.25, -0.2) is 0 Å². The van der Waals surface area contributed by atoms with E-state index >= 15 is 0 Å². The minimum absolute atomic E-state index is 0. The average molecular weight is 231 g/mol. The summed E-state index contributed by atoms with van der Waals surface area (Å²) in [6.07, 6.45) is 2.27. The van der Waals surface area contributed by atoms with Crippen LogP contribution < -0.4 is 0 Å². The molecule has 0 aromatic carbocycles. The fourth-order valence-corrected chi connectivity index (χ4v) is 1.63. The first kappa shape index (κ1) is 15.9. The fourth-order valence-electron chi connectivity index (χ4n) is 0.244. The molecule has 0 saturated carbocycles. The van der Waals surface area contributed by atoms with Gasteiger partial charge in [-0.1, -0.05) is 0 Å². The van der Waals surface area contributed by atoms with E-state index in [2.05, 4.69) is 6.92 Å². The van der Waals surface area contributed by atoms with Crippen molar-refractivity contribution in [2.75, 3.05) is 0 Å². The molecule has 0 aromatic rings. The normalized spacial score (nSPS) is 6.75. The molecule has 4 N–H and O–H groups in total. The van der Waals surface area contributed by atoms with Crippen LogP contribution in [0.15, 0.2) is 0 Å². The van der Waals surface area contributed by atoms with E-state index in [1.165, 1.54) is 0 Å². The first-order valence-corrected chi connectivity index (χ1v) is 5.35. The van der Waals surface area contributed by atoms with Crippen LogP contribution >= 0.6 is 0 Å². The van der Waals surface area contributed by atoms with Crippen LogP contribution in [0.4, 0.5) is 2.87 Å². The summed E-state index contributed by atoms with van der Waals surface area (Å²) >= 11 is -1.31. The SMILES string of the molecule is CCC[CH2][Sn][F].O.O. The number of rotatable bonds is 3. The zero-order chi connectivity index (χ0) is 4.83. The summed E-state index contributed by atoms with van der Waals surface area (Å²) in [5.74, 6) is 0. The van der Waals surface area contributed by atoms with E-state index in [4.69, 9.17) is 0 Å². The van der Waals surface area contributed by atoms with E-state index in [9.17, 15) is 2.87 Å². The zero-order valence-electron chi connectivity index (χ0n) is 5.00. The molecule has 2 nitrogen and oxygen atoms in total.